The average molecular weight is 547 g/mol. The van der Waals surface area contributed by atoms with Crippen molar-refractivity contribution in [3.8, 4) is 11.5 Å². The second kappa shape index (κ2) is 10.1. The van der Waals surface area contributed by atoms with E-state index in [4.69, 9.17) is 4.74 Å². The van der Waals surface area contributed by atoms with Crippen molar-refractivity contribution in [2.45, 2.75) is 63.5 Å². The highest BCUT2D eigenvalue weighted by Gasteiger charge is 2.71. The van der Waals surface area contributed by atoms with E-state index < -0.39 is 35.1 Å². The van der Waals surface area contributed by atoms with Crippen LogP contribution in [0.1, 0.15) is 44.0 Å². The van der Waals surface area contributed by atoms with Crippen LogP contribution in [-0.4, -0.2) is 63.3 Å². The first-order valence-electron chi connectivity index (χ1n) is 11.7. The first-order chi connectivity index (χ1) is 17.4. The molecule has 1 N–H and O–H groups in total. The van der Waals surface area contributed by atoms with Gasteiger partial charge in [-0.2, -0.15) is 26.3 Å². The Morgan fingerprint density at radius 2 is 1.63 bits per heavy atom. The summed E-state index contributed by atoms with van der Waals surface area (Å²) in [7, 11) is 1.54. The first-order valence-corrected chi connectivity index (χ1v) is 11.7. The summed E-state index contributed by atoms with van der Waals surface area (Å²) in [5, 5.41) is 9.72. The van der Waals surface area contributed by atoms with E-state index in [1.807, 2.05) is 0 Å². The highest BCUT2D eigenvalue weighted by atomic mass is 19.4. The lowest BCUT2D eigenvalue weighted by Crippen LogP contribution is -2.53. The van der Waals surface area contributed by atoms with E-state index in [2.05, 4.69) is 4.98 Å². The number of likely N-dealkylation sites (N-methyl/N-ethyl adjacent to an activating group) is 1. The fourth-order valence-electron chi connectivity index (χ4n) is 4.01. The monoisotopic (exact) mass is 547 g/mol. The van der Waals surface area contributed by atoms with Crippen molar-refractivity contribution in [3.05, 3.63) is 53.3 Å². The molecular formula is C25H27F6N3O4. The van der Waals surface area contributed by atoms with Crippen molar-refractivity contribution >= 4 is 11.9 Å². The van der Waals surface area contributed by atoms with E-state index in [0.29, 0.717) is 24.2 Å². The Bertz CT molecular complexity index is 1180. The summed E-state index contributed by atoms with van der Waals surface area (Å²) in [6.45, 7) is 5.07. The van der Waals surface area contributed by atoms with Gasteiger partial charge in [0, 0.05) is 31.3 Å². The number of imide groups is 1. The fraction of sp³-hybridized carbons (Fsp3) is 0.480. The maximum absolute atomic E-state index is 13.3. The molecule has 0 bridgehead atoms. The van der Waals surface area contributed by atoms with Crippen LogP contribution in [-0.2, 0) is 23.2 Å². The Labute approximate surface area is 215 Å². The van der Waals surface area contributed by atoms with E-state index in [9.17, 15) is 41.0 Å². The van der Waals surface area contributed by atoms with Crippen LogP contribution in [0.25, 0.3) is 0 Å². The molecule has 3 amide bonds. The number of hydrogen-bond acceptors (Lipinski definition) is 5. The van der Waals surface area contributed by atoms with Crippen LogP contribution in [0.5, 0.6) is 11.5 Å². The molecule has 1 aromatic heterocycles. The number of aromatic nitrogens is 1. The van der Waals surface area contributed by atoms with E-state index >= 15 is 0 Å². The maximum atomic E-state index is 13.3. The van der Waals surface area contributed by atoms with Crippen molar-refractivity contribution in [2.24, 2.45) is 0 Å². The largest absolute Gasteiger partial charge is 0.455 e. The number of carbonyl (C=O) groups is 2. The molecule has 3 rings (SSSR count). The number of halogens is 6. The molecule has 2 heterocycles. The molecule has 1 fully saturated rings. The van der Waals surface area contributed by atoms with Gasteiger partial charge in [-0.15, -0.1) is 0 Å². The number of urea groups is 1. The van der Waals surface area contributed by atoms with Crippen LogP contribution >= 0.6 is 0 Å². The number of carbonyl (C=O) groups excluding carboxylic acids is 2. The third-order valence-electron chi connectivity index (χ3n) is 6.56. The number of aryl methyl sites for hydroxylation is 1. The minimum Gasteiger partial charge on any atom is -0.455 e. The lowest BCUT2D eigenvalue weighted by Gasteiger charge is -2.33. The molecule has 0 unspecified atom stereocenters. The van der Waals surface area contributed by atoms with E-state index in [0.717, 1.165) is 11.0 Å². The normalized spacial score (nSPS) is 16.4. The molecule has 0 radical (unpaired) electrons. The minimum atomic E-state index is -5.99. The third-order valence-corrected chi connectivity index (χ3v) is 6.56. The molecule has 1 aliphatic heterocycles. The zero-order valence-electron chi connectivity index (χ0n) is 21.1. The summed E-state index contributed by atoms with van der Waals surface area (Å²) in [5.74, 6) is -0.162. The van der Waals surface area contributed by atoms with Gasteiger partial charge in [0.2, 0.25) is 0 Å². The summed E-state index contributed by atoms with van der Waals surface area (Å²) < 4.78 is 85.5. The number of nitrogens with zero attached hydrogens (tertiary/aromatic N) is 3. The zero-order valence-corrected chi connectivity index (χ0v) is 21.1. The molecule has 7 nitrogen and oxygen atoms in total. The number of aliphatic hydroxyl groups is 1. The summed E-state index contributed by atoms with van der Waals surface area (Å²) >= 11 is 0. The van der Waals surface area contributed by atoms with Crippen LogP contribution in [0.3, 0.4) is 0 Å². The van der Waals surface area contributed by atoms with E-state index in [1.54, 1.807) is 26.8 Å². The quantitative estimate of drug-likeness (QED) is 0.356. The lowest BCUT2D eigenvalue weighted by molar-refractivity contribution is -0.376. The molecule has 0 aliphatic carbocycles. The molecule has 1 aliphatic rings. The second-order valence-corrected chi connectivity index (χ2v) is 9.47. The van der Waals surface area contributed by atoms with E-state index in [1.165, 1.54) is 24.2 Å². The van der Waals surface area contributed by atoms with Crippen LogP contribution in [0.15, 0.2) is 36.5 Å². The van der Waals surface area contributed by atoms with Gasteiger partial charge >= 0.3 is 18.4 Å². The van der Waals surface area contributed by atoms with Crippen molar-refractivity contribution in [3.63, 3.8) is 0 Å². The molecule has 38 heavy (non-hydrogen) atoms. The molecule has 0 saturated carbocycles. The van der Waals surface area contributed by atoms with Crippen molar-refractivity contribution in [1.29, 1.82) is 0 Å². The Balaban J connectivity index is 1.78. The highest BCUT2D eigenvalue weighted by molar-refractivity contribution is 6.06. The van der Waals surface area contributed by atoms with Crippen molar-refractivity contribution in [1.82, 2.24) is 14.8 Å². The molecule has 0 spiro atoms. The van der Waals surface area contributed by atoms with Gasteiger partial charge in [-0.3, -0.25) is 14.7 Å². The van der Waals surface area contributed by atoms with Gasteiger partial charge < -0.3 is 14.7 Å². The van der Waals surface area contributed by atoms with Gasteiger partial charge in [0.25, 0.3) is 11.5 Å². The maximum Gasteiger partial charge on any atom is 0.430 e. The lowest BCUT2D eigenvalue weighted by atomic mass is 9.90. The number of benzene rings is 1. The predicted octanol–water partition coefficient (Wildman–Crippen LogP) is 5.35. The smallest absolute Gasteiger partial charge is 0.430 e. The van der Waals surface area contributed by atoms with Gasteiger partial charge in [0.15, 0.2) is 0 Å². The van der Waals surface area contributed by atoms with E-state index in [-0.39, 0.29) is 42.4 Å². The van der Waals surface area contributed by atoms with Crippen LogP contribution in [0.4, 0.5) is 31.1 Å². The summed E-state index contributed by atoms with van der Waals surface area (Å²) in [6, 6.07) is 4.76. The van der Waals surface area contributed by atoms with Gasteiger partial charge in [-0.25, -0.2) is 4.79 Å². The summed E-state index contributed by atoms with van der Waals surface area (Å²) in [6.07, 6.45) is -9.95. The number of rotatable bonds is 8. The number of hydrogen-bond donors (Lipinski definition) is 1. The molecule has 13 heteroatoms. The summed E-state index contributed by atoms with van der Waals surface area (Å²) in [5.41, 5.74) is -6.79. The molecule has 2 aromatic rings. The van der Waals surface area contributed by atoms with Gasteiger partial charge in [-0.05, 0) is 50.1 Å². The highest BCUT2D eigenvalue weighted by Crippen LogP contribution is 2.50. The molecule has 208 valence electrons. The molecule has 0 atom stereocenters. The van der Waals surface area contributed by atoms with Crippen molar-refractivity contribution in [2.75, 3.05) is 13.6 Å². The second-order valence-electron chi connectivity index (χ2n) is 9.47. The standard InChI is InChI=1S/C25H27F6N3O4/c1-5-6-15-13-16(23(37,24(26,27)28)25(29,30)31)7-10-19(15)38-18-9-8-17(32-14-18)11-12-34-20(35)22(2,3)33(4)21(34)36/h7-10,13-14,37H,5-6,11-12H2,1-4H3. The topological polar surface area (TPSA) is 83.0 Å². The van der Waals surface area contributed by atoms with Gasteiger partial charge in [-0.1, -0.05) is 19.4 Å². The Hall–Kier alpha value is -3.35. The molecule has 1 aromatic carbocycles. The Morgan fingerprint density at radius 1 is 1.00 bits per heavy atom. The Morgan fingerprint density at radius 3 is 2.11 bits per heavy atom. The first kappa shape index (κ1) is 29.2. The van der Waals surface area contributed by atoms with Crippen LogP contribution in [0, 0.1) is 0 Å². The predicted molar refractivity (Wildman–Crippen MR) is 123 cm³/mol. The Kier molecular flexibility index (Phi) is 7.75. The van der Waals surface area contributed by atoms with Gasteiger partial charge in [0.05, 0.1) is 6.20 Å². The van der Waals surface area contributed by atoms with Crippen LogP contribution in [0.2, 0.25) is 0 Å². The number of alkyl halides is 6. The average Bonchev–Trinajstić information content (AvgIpc) is 2.97. The fourth-order valence-corrected chi connectivity index (χ4v) is 4.01. The summed E-state index contributed by atoms with van der Waals surface area (Å²) in [4.78, 5) is 31.5. The number of ether oxygens (including phenoxy) is 1. The number of pyridine rings is 1. The minimum absolute atomic E-state index is 0.00961. The van der Waals surface area contributed by atoms with Crippen LogP contribution < -0.4 is 4.74 Å². The molecule has 1 saturated heterocycles. The SMILES string of the molecule is CCCc1cc(C(O)(C(F)(F)F)C(F)(F)F)ccc1Oc1ccc(CCN2C(=O)N(C)C(C)(C)C2=O)nc1. The third kappa shape index (κ3) is 5.16. The van der Waals surface area contributed by atoms with Gasteiger partial charge in [0.1, 0.15) is 17.0 Å². The number of amides is 3. The zero-order chi connectivity index (χ0) is 28.7. The van der Waals surface area contributed by atoms with Crippen molar-refractivity contribution < 1.29 is 45.8 Å². The molecular weight excluding hydrogens is 520 g/mol.